The first-order valence-electron chi connectivity index (χ1n) is 9.14. The molecular weight excluding hydrogens is 388 g/mol. The predicted octanol–water partition coefficient (Wildman–Crippen LogP) is 1.69. The van der Waals surface area contributed by atoms with Gasteiger partial charge in [0.25, 0.3) is 0 Å². The Labute approximate surface area is 170 Å². The molecule has 5 rings (SSSR count). The Balaban J connectivity index is 1.50. The molecule has 0 amide bonds. The minimum atomic E-state index is 0.138. The van der Waals surface area contributed by atoms with Crippen LogP contribution in [0, 0.1) is 0 Å². The fraction of sp³-hybridized carbons (Fsp3) is 0.158. The second-order valence-corrected chi connectivity index (χ2v) is 6.32. The summed E-state index contributed by atoms with van der Waals surface area (Å²) in [7, 11) is 0. The number of aromatic nitrogens is 8. The van der Waals surface area contributed by atoms with Gasteiger partial charge in [0.1, 0.15) is 23.9 Å². The molecule has 150 valence electrons. The largest absolute Gasteiger partial charge is 0.489 e. The van der Waals surface area contributed by atoms with Crippen molar-refractivity contribution in [3.63, 3.8) is 0 Å². The topological polar surface area (TPSA) is 137 Å². The van der Waals surface area contributed by atoms with Crippen molar-refractivity contribution in [2.24, 2.45) is 0 Å². The van der Waals surface area contributed by atoms with Crippen LogP contribution in [-0.2, 0) is 13.2 Å². The highest BCUT2D eigenvalue weighted by Gasteiger charge is 2.23. The van der Waals surface area contributed by atoms with Crippen LogP contribution in [0.15, 0.2) is 48.5 Å². The molecule has 11 nitrogen and oxygen atoms in total. The molecule has 2 N–H and O–H groups in total. The van der Waals surface area contributed by atoms with Gasteiger partial charge in [-0.3, -0.25) is 0 Å². The summed E-state index contributed by atoms with van der Waals surface area (Å²) in [6.45, 7) is 0.732. The summed E-state index contributed by atoms with van der Waals surface area (Å²) >= 11 is 0. The normalized spacial score (nSPS) is 12.6. The van der Waals surface area contributed by atoms with Gasteiger partial charge in [-0.1, -0.05) is 40.8 Å². The van der Waals surface area contributed by atoms with Crippen LogP contribution in [-0.4, -0.2) is 47.9 Å². The van der Waals surface area contributed by atoms with E-state index in [1.807, 2.05) is 42.5 Å². The lowest BCUT2D eigenvalue weighted by Gasteiger charge is -2.23. The van der Waals surface area contributed by atoms with Gasteiger partial charge in [0.2, 0.25) is 11.6 Å². The number of H-pyrrole nitrogens is 2. The lowest BCUT2D eigenvalue weighted by Crippen LogP contribution is -2.09. The molecule has 3 heterocycles. The first-order chi connectivity index (χ1) is 14.9. The maximum atomic E-state index is 6.04. The number of rotatable bonds is 7. The minimum absolute atomic E-state index is 0.138. The quantitative estimate of drug-likeness (QED) is 0.471. The molecule has 0 bridgehead atoms. The molecule has 0 saturated carbocycles. The van der Waals surface area contributed by atoms with E-state index in [1.165, 1.54) is 0 Å². The third-order valence-electron chi connectivity index (χ3n) is 4.42. The zero-order valence-electron chi connectivity index (χ0n) is 15.6. The Kier molecular flexibility index (Phi) is 4.74. The number of aromatic amines is 2. The SMILES string of the molecule is C1=C(c2ccccc2)c2c(cc(OCc3nn[nH]n3)cc2OCc2nn[nH]n2)OC1. The van der Waals surface area contributed by atoms with Gasteiger partial charge in [-0.25, -0.2) is 0 Å². The summed E-state index contributed by atoms with van der Waals surface area (Å²) in [5.74, 6) is 2.66. The third-order valence-corrected chi connectivity index (χ3v) is 4.42. The van der Waals surface area contributed by atoms with Gasteiger partial charge in [-0.05, 0) is 17.2 Å². The van der Waals surface area contributed by atoms with E-state index < -0.39 is 0 Å². The monoisotopic (exact) mass is 404 g/mol. The number of hydrogen-bond acceptors (Lipinski definition) is 9. The van der Waals surface area contributed by atoms with E-state index in [1.54, 1.807) is 6.07 Å². The van der Waals surface area contributed by atoms with Gasteiger partial charge in [0, 0.05) is 12.1 Å². The number of fused-ring (bicyclic) bond motifs is 1. The molecular formula is C19H16N8O3. The van der Waals surface area contributed by atoms with Crippen molar-refractivity contribution in [1.82, 2.24) is 41.2 Å². The van der Waals surface area contributed by atoms with E-state index in [0.29, 0.717) is 35.5 Å². The molecule has 0 unspecified atom stereocenters. The number of ether oxygens (including phenoxy) is 3. The number of tetrazole rings is 2. The smallest absolute Gasteiger partial charge is 0.211 e. The molecule has 0 aliphatic carbocycles. The number of benzene rings is 2. The van der Waals surface area contributed by atoms with E-state index in [-0.39, 0.29) is 13.2 Å². The zero-order chi connectivity index (χ0) is 20.2. The summed E-state index contributed by atoms with van der Waals surface area (Å²) in [5, 5.41) is 27.6. The van der Waals surface area contributed by atoms with Crippen molar-refractivity contribution in [1.29, 1.82) is 0 Å². The Bertz CT molecular complexity index is 1140. The molecule has 1 aliphatic rings. The zero-order valence-corrected chi connectivity index (χ0v) is 15.6. The van der Waals surface area contributed by atoms with Gasteiger partial charge in [0.05, 0.1) is 5.56 Å². The second kappa shape index (κ2) is 7.99. The van der Waals surface area contributed by atoms with Gasteiger partial charge >= 0.3 is 0 Å². The first-order valence-corrected chi connectivity index (χ1v) is 9.14. The van der Waals surface area contributed by atoms with Gasteiger partial charge < -0.3 is 14.2 Å². The van der Waals surface area contributed by atoms with Crippen LogP contribution in [0.25, 0.3) is 5.57 Å². The average Bonchev–Trinajstić information content (AvgIpc) is 3.50. The molecule has 11 heteroatoms. The van der Waals surface area contributed by atoms with Crippen molar-refractivity contribution in [2.75, 3.05) is 6.61 Å². The number of nitrogens with one attached hydrogen (secondary N) is 2. The predicted molar refractivity (Wildman–Crippen MR) is 102 cm³/mol. The lowest BCUT2D eigenvalue weighted by molar-refractivity contribution is 0.273. The van der Waals surface area contributed by atoms with E-state index in [9.17, 15) is 0 Å². The van der Waals surface area contributed by atoms with E-state index >= 15 is 0 Å². The average molecular weight is 404 g/mol. The highest BCUT2D eigenvalue weighted by atomic mass is 16.5. The molecule has 0 atom stereocenters. The summed E-state index contributed by atoms with van der Waals surface area (Å²) in [6.07, 6.45) is 2.03. The molecule has 0 radical (unpaired) electrons. The van der Waals surface area contributed by atoms with Crippen LogP contribution >= 0.6 is 0 Å². The fourth-order valence-electron chi connectivity index (χ4n) is 3.12. The minimum Gasteiger partial charge on any atom is -0.489 e. The second-order valence-electron chi connectivity index (χ2n) is 6.32. The van der Waals surface area contributed by atoms with Crippen molar-refractivity contribution < 1.29 is 14.2 Å². The van der Waals surface area contributed by atoms with Crippen molar-refractivity contribution in [3.8, 4) is 17.2 Å². The van der Waals surface area contributed by atoms with Crippen LogP contribution in [0.1, 0.15) is 22.8 Å². The van der Waals surface area contributed by atoms with E-state index in [4.69, 9.17) is 14.2 Å². The van der Waals surface area contributed by atoms with Crippen molar-refractivity contribution >= 4 is 5.57 Å². The standard InChI is InChI=1S/C19H16N8O3/c1-2-4-12(5-3-1)14-6-7-28-15-8-13(29-10-17-20-24-25-21-17)9-16(19(14)15)30-11-18-22-26-27-23-18/h1-6,8-9H,7,10-11H2,(H,20,21,24,25)(H,22,23,26,27). The first kappa shape index (κ1) is 17.8. The Morgan fingerprint density at radius 2 is 1.63 bits per heavy atom. The van der Waals surface area contributed by atoms with E-state index in [2.05, 4.69) is 41.2 Å². The van der Waals surface area contributed by atoms with Gasteiger partial charge in [-0.2, -0.15) is 10.4 Å². The molecule has 2 aromatic carbocycles. The highest BCUT2D eigenvalue weighted by molar-refractivity contribution is 5.87. The maximum absolute atomic E-state index is 6.04. The molecule has 1 aliphatic heterocycles. The molecule has 0 spiro atoms. The van der Waals surface area contributed by atoms with Crippen LogP contribution in [0.5, 0.6) is 17.2 Å². The summed E-state index contributed by atoms with van der Waals surface area (Å²) < 4.78 is 17.8. The van der Waals surface area contributed by atoms with Crippen molar-refractivity contribution in [2.45, 2.75) is 13.2 Å². The highest BCUT2D eigenvalue weighted by Crippen LogP contribution is 2.43. The summed E-state index contributed by atoms with van der Waals surface area (Å²) in [6, 6.07) is 13.7. The van der Waals surface area contributed by atoms with Crippen LogP contribution in [0.3, 0.4) is 0 Å². The number of hydrogen-bond donors (Lipinski definition) is 2. The Morgan fingerprint density at radius 3 is 2.33 bits per heavy atom. The molecule has 2 aromatic heterocycles. The van der Waals surface area contributed by atoms with Crippen LogP contribution in [0.2, 0.25) is 0 Å². The van der Waals surface area contributed by atoms with Crippen molar-refractivity contribution in [3.05, 3.63) is 71.3 Å². The molecule has 30 heavy (non-hydrogen) atoms. The Morgan fingerprint density at radius 1 is 0.900 bits per heavy atom. The summed E-state index contributed by atoms with van der Waals surface area (Å²) in [5.41, 5.74) is 2.92. The lowest BCUT2D eigenvalue weighted by atomic mass is 9.94. The third kappa shape index (κ3) is 3.68. The van der Waals surface area contributed by atoms with Gasteiger partial charge in [0.15, 0.2) is 13.2 Å². The molecule has 0 saturated heterocycles. The van der Waals surface area contributed by atoms with Crippen LogP contribution < -0.4 is 14.2 Å². The maximum Gasteiger partial charge on any atom is 0.211 e. The number of nitrogens with zero attached hydrogens (tertiary/aromatic N) is 6. The molecule has 0 fully saturated rings. The molecule has 4 aromatic rings. The van der Waals surface area contributed by atoms with Gasteiger partial charge in [-0.15, -0.1) is 20.4 Å². The van der Waals surface area contributed by atoms with Crippen LogP contribution in [0.4, 0.5) is 0 Å². The summed E-state index contributed by atoms with van der Waals surface area (Å²) in [4.78, 5) is 0. The fourth-order valence-corrected chi connectivity index (χ4v) is 3.12. The van der Waals surface area contributed by atoms with E-state index in [0.717, 1.165) is 16.7 Å². The Hall–Kier alpha value is -4.28.